The second-order valence-corrected chi connectivity index (χ2v) is 7.40. The topological polar surface area (TPSA) is 101 Å². The number of nitrogens with one attached hydrogen (secondary N) is 1. The minimum absolute atomic E-state index is 0.0512. The van der Waals surface area contributed by atoms with Crippen molar-refractivity contribution >= 4 is 10.0 Å². The van der Waals surface area contributed by atoms with E-state index < -0.39 is 10.0 Å². The predicted octanol–water partition coefficient (Wildman–Crippen LogP) is 1.05. The molecule has 0 aliphatic carbocycles. The number of rotatable bonds is 4. The standard InChI is InChI=1S/C14H19N5O3S/c1-10-14(11(2)18-17-10)23(20,21)19-7-3-12(4-8-19)22-13-9-15-5-6-16-13/h5-6,9,12H,3-4,7-8H2,1-2H3,(H,17,18). The van der Waals surface area contributed by atoms with Crippen LogP contribution in [0.15, 0.2) is 23.5 Å². The highest BCUT2D eigenvalue weighted by atomic mass is 32.2. The first-order valence-electron chi connectivity index (χ1n) is 7.43. The summed E-state index contributed by atoms with van der Waals surface area (Å²) in [5, 5.41) is 6.71. The molecule has 0 atom stereocenters. The Morgan fingerprint density at radius 1 is 1.26 bits per heavy atom. The first-order valence-corrected chi connectivity index (χ1v) is 8.87. The lowest BCUT2D eigenvalue weighted by atomic mass is 10.1. The molecule has 1 aliphatic rings. The summed E-state index contributed by atoms with van der Waals surface area (Å²) in [4.78, 5) is 8.31. The number of aromatic amines is 1. The van der Waals surface area contributed by atoms with Crippen molar-refractivity contribution in [3.8, 4) is 5.88 Å². The third-order valence-corrected chi connectivity index (χ3v) is 6.05. The molecular weight excluding hydrogens is 318 g/mol. The molecule has 1 aliphatic heterocycles. The van der Waals surface area contributed by atoms with Gasteiger partial charge in [0, 0.05) is 25.5 Å². The molecule has 1 N–H and O–H groups in total. The Kier molecular flexibility index (Phi) is 4.31. The Hall–Kier alpha value is -2.00. The van der Waals surface area contributed by atoms with Crippen LogP contribution in [0.3, 0.4) is 0 Å². The maximum atomic E-state index is 12.8. The molecule has 1 fully saturated rings. The number of aromatic nitrogens is 4. The molecule has 3 rings (SSSR count). The Bertz CT molecular complexity index is 747. The van der Waals surface area contributed by atoms with Crippen LogP contribution in [-0.4, -0.2) is 52.1 Å². The molecule has 1 saturated heterocycles. The fraction of sp³-hybridized carbons (Fsp3) is 0.500. The van der Waals surface area contributed by atoms with Crippen molar-refractivity contribution in [1.82, 2.24) is 24.5 Å². The highest BCUT2D eigenvalue weighted by molar-refractivity contribution is 7.89. The van der Waals surface area contributed by atoms with Crippen molar-refractivity contribution in [3.63, 3.8) is 0 Å². The average Bonchev–Trinajstić information content (AvgIpc) is 2.88. The van der Waals surface area contributed by atoms with Gasteiger partial charge in [-0.15, -0.1) is 0 Å². The van der Waals surface area contributed by atoms with Gasteiger partial charge in [-0.05, 0) is 26.7 Å². The van der Waals surface area contributed by atoms with Crippen LogP contribution in [-0.2, 0) is 10.0 Å². The Morgan fingerprint density at radius 3 is 2.57 bits per heavy atom. The van der Waals surface area contributed by atoms with Crippen molar-refractivity contribution in [3.05, 3.63) is 30.0 Å². The average molecular weight is 337 g/mol. The van der Waals surface area contributed by atoms with Crippen LogP contribution in [0.25, 0.3) is 0 Å². The van der Waals surface area contributed by atoms with Crippen LogP contribution in [0.4, 0.5) is 0 Å². The number of piperidine rings is 1. The third-order valence-electron chi connectivity index (χ3n) is 3.89. The van der Waals surface area contributed by atoms with E-state index in [2.05, 4.69) is 20.2 Å². The van der Waals surface area contributed by atoms with E-state index in [1.807, 2.05) is 0 Å². The number of hydrogen-bond acceptors (Lipinski definition) is 6. The molecule has 0 aromatic carbocycles. The van der Waals surface area contributed by atoms with Crippen molar-refractivity contribution in [2.24, 2.45) is 0 Å². The zero-order valence-electron chi connectivity index (χ0n) is 13.1. The summed E-state index contributed by atoms with van der Waals surface area (Å²) < 4.78 is 32.8. The molecule has 0 spiro atoms. The van der Waals surface area contributed by atoms with E-state index in [4.69, 9.17) is 4.74 Å². The second kappa shape index (κ2) is 6.25. The summed E-state index contributed by atoms with van der Waals surface area (Å²) in [7, 11) is -3.52. The quantitative estimate of drug-likeness (QED) is 0.895. The summed E-state index contributed by atoms with van der Waals surface area (Å²) in [6.45, 7) is 4.24. The molecule has 0 saturated carbocycles. The van der Waals surface area contributed by atoms with Gasteiger partial charge in [0.1, 0.15) is 11.0 Å². The summed E-state index contributed by atoms with van der Waals surface area (Å²) in [5.41, 5.74) is 1.07. The molecule has 3 heterocycles. The zero-order chi connectivity index (χ0) is 16.4. The molecule has 124 valence electrons. The molecule has 2 aromatic rings. The van der Waals surface area contributed by atoms with Crippen LogP contribution in [0.5, 0.6) is 5.88 Å². The highest BCUT2D eigenvalue weighted by Gasteiger charge is 2.33. The number of aryl methyl sites for hydroxylation is 2. The van der Waals surface area contributed by atoms with Gasteiger partial charge in [-0.3, -0.25) is 10.1 Å². The number of nitrogens with zero attached hydrogens (tertiary/aromatic N) is 4. The fourth-order valence-corrected chi connectivity index (χ4v) is 4.56. The minimum Gasteiger partial charge on any atom is -0.473 e. The van der Waals surface area contributed by atoms with E-state index in [1.165, 1.54) is 4.31 Å². The fourth-order valence-electron chi connectivity index (χ4n) is 2.76. The van der Waals surface area contributed by atoms with E-state index in [-0.39, 0.29) is 11.0 Å². The van der Waals surface area contributed by atoms with Gasteiger partial charge in [-0.2, -0.15) is 9.40 Å². The maximum absolute atomic E-state index is 12.8. The lowest BCUT2D eigenvalue weighted by Crippen LogP contribution is -2.42. The van der Waals surface area contributed by atoms with Crippen LogP contribution in [0, 0.1) is 13.8 Å². The van der Waals surface area contributed by atoms with Gasteiger partial charge in [0.2, 0.25) is 15.9 Å². The zero-order valence-corrected chi connectivity index (χ0v) is 13.9. The summed E-state index contributed by atoms with van der Waals surface area (Å²) in [5.74, 6) is 0.468. The summed E-state index contributed by atoms with van der Waals surface area (Å²) in [6, 6.07) is 0. The van der Waals surface area contributed by atoms with E-state index in [9.17, 15) is 8.42 Å². The van der Waals surface area contributed by atoms with Gasteiger partial charge in [0.15, 0.2) is 0 Å². The second-order valence-electron chi connectivity index (χ2n) is 5.53. The van der Waals surface area contributed by atoms with Gasteiger partial charge in [-0.25, -0.2) is 13.4 Å². The van der Waals surface area contributed by atoms with Crippen molar-refractivity contribution in [1.29, 1.82) is 0 Å². The predicted molar refractivity (Wildman–Crippen MR) is 82.5 cm³/mol. The van der Waals surface area contributed by atoms with E-state index >= 15 is 0 Å². The molecule has 0 radical (unpaired) electrons. The highest BCUT2D eigenvalue weighted by Crippen LogP contribution is 2.25. The number of H-pyrrole nitrogens is 1. The molecule has 0 amide bonds. The Labute approximate surface area is 135 Å². The van der Waals surface area contributed by atoms with Gasteiger partial charge in [0.05, 0.1) is 17.6 Å². The molecule has 8 nitrogen and oxygen atoms in total. The van der Waals surface area contributed by atoms with Gasteiger partial charge >= 0.3 is 0 Å². The van der Waals surface area contributed by atoms with Gasteiger partial charge in [-0.1, -0.05) is 0 Å². The largest absolute Gasteiger partial charge is 0.473 e. The lowest BCUT2D eigenvalue weighted by molar-refractivity contribution is 0.129. The van der Waals surface area contributed by atoms with Crippen molar-refractivity contribution in [2.75, 3.05) is 13.1 Å². The Morgan fingerprint density at radius 2 is 2.00 bits per heavy atom. The SMILES string of the molecule is Cc1n[nH]c(C)c1S(=O)(=O)N1CCC(Oc2cnccn2)CC1. The molecule has 23 heavy (non-hydrogen) atoms. The first kappa shape index (κ1) is 15.9. The molecule has 9 heteroatoms. The molecule has 2 aromatic heterocycles. The maximum Gasteiger partial charge on any atom is 0.246 e. The lowest BCUT2D eigenvalue weighted by Gasteiger charge is -2.31. The van der Waals surface area contributed by atoms with Crippen molar-refractivity contribution in [2.45, 2.75) is 37.7 Å². The molecule has 0 unspecified atom stereocenters. The Balaban J connectivity index is 1.67. The molecule has 0 bridgehead atoms. The van der Waals surface area contributed by atoms with Crippen LogP contribution in [0.2, 0.25) is 0 Å². The monoisotopic (exact) mass is 337 g/mol. The summed E-state index contributed by atoms with van der Waals surface area (Å²) in [6.07, 6.45) is 5.89. The van der Waals surface area contributed by atoms with Crippen LogP contribution >= 0.6 is 0 Å². The normalized spacial score (nSPS) is 17.3. The summed E-state index contributed by atoms with van der Waals surface area (Å²) >= 11 is 0. The van der Waals surface area contributed by atoms with Crippen LogP contribution < -0.4 is 4.74 Å². The number of ether oxygens (including phenoxy) is 1. The third kappa shape index (κ3) is 3.20. The molecular formula is C14H19N5O3S. The van der Waals surface area contributed by atoms with E-state index in [1.54, 1.807) is 32.4 Å². The van der Waals surface area contributed by atoms with Gasteiger partial charge in [0.25, 0.3) is 0 Å². The van der Waals surface area contributed by atoms with E-state index in [0.29, 0.717) is 43.2 Å². The number of hydrogen-bond donors (Lipinski definition) is 1. The van der Waals surface area contributed by atoms with Crippen LogP contribution in [0.1, 0.15) is 24.2 Å². The first-order chi connectivity index (χ1) is 11.0. The smallest absolute Gasteiger partial charge is 0.246 e. The van der Waals surface area contributed by atoms with Gasteiger partial charge < -0.3 is 4.74 Å². The van der Waals surface area contributed by atoms with Crippen molar-refractivity contribution < 1.29 is 13.2 Å². The number of sulfonamides is 1. The minimum atomic E-state index is -3.52. The van der Waals surface area contributed by atoms with E-state index in [0.717, 1.165) is 0 Å².